The molecule has 0 saturated heterocycles. The van der Waals surface area contributed by atoms with Crippen molar-refractivity contribution in [1.82, 2.24) is 0 Å². The summed E-state index contributed by atoms with van der Waals surface area (Å²) in [5.74, 6) is 2.13. The Labute approximate surface area is 106 Å². The summed E-state index contributed by atoms with van der Waals surface area (Å²) in [6, 6.07) is 12.3. The van der Waals surface area contributed by atoms with Crippen molar-refractivity contribution in [1.29, 1.82) is 0 Å². The lowest BCUT2D eigenvalue weighted by molar-refractivity contribution is 0.527. The van der Waals surface area contributed by atoms with Crippen LogP contribution in [0.3, 0.4) is 0 Å². The van der Waals surface area contributed by atoms with Gasteiger partial charge in [-0.3, -0.25) is 0 Å². The Bertz CT molecular complexity index is 438. The van der Waals surface area contributed by atoms with Crippen molar-refractivity contribution in [3.63, 3.8) is 0 Å². The van der Waals surface area contributed by atoms with Gasteiger partial charge in [-0.15, -0.1) is 11.8 Å². The van der Waals surface area contributed by atoms with Gasteiger partial charge in [0, 0.05) is 17.1 Å². The molecule has 2 rings (SSSR count). The van der Waals surface area contributed by atoms with Gasteiger partial charge in [0.25, 0.3) is 0 Å². The molecule has 0 saturated carbocycles. The topological polar surface area (TPSA) is 25.2 Å². The summed E-state index contributed by atoms with van der Waals surface area (Å²) in [4.78, 5) is 1.25. The molecule has 0 aliphatic heterocycles. The minimum absolute atomic E-state index is 1.01. The van der Waals surface area contributed by atoms with E-state index in [1.165, 1.54) is 10.6 Å². The lowest BCUT2D eigenvalue weighted by Crippen LogP contribution is -2.02. The van der Waals surface area contributed by atoms with Gasteiger partial charge >= 0.3 is 0 Å². The van der Waals surface area contributed by atoms with Crippen LogP contribution in [0.15, 0.2) is 52.0 Å². The van der Waals surface area contributed by atoms with Crippen LogP contribution in [-0.2, 0) is 0 Å². The first-order valence-electron chi connectivity index (χ1n) is 5.82. The van der Waals surface area contributed by atoms with Crippen LogP contribution in [0.4, 0.5) is 5.69 Å². The lowest BCUT2D eigenvalue weighted by atomic mass is 10.3. The average molecular weight is 247 g/mol. The van der Waals surface area contributed by atoms with E-state index in [1.807, 2.05) is 43.0 Å². The van der Waals surface area contributed by atoms with E-state index in [9.17, 15) is 0 Å². The van der Waals surface area contributed by atoms with E-state index in [2.05, 4.69) is 17.4 Å². The molecule has 90 valence electrons. The number of anilines is 1. The predicted octanol–water partition coefficient (Wildman–Crippen LogP) is 4.18. The quantitative estimate of drug-likeness (QED) is 0.612. The molecule has 1 heterocycles. The van der Waals surface area contributed by atoms with Crippen LogP contribution in [-0.4, -0.2) is 12.3 Å². The number of thioether (sulfide) groups is 1. The molecular formula is C14H17NOS. The molecule has 0 bridgehead atoms. The second-order valence-electron chi connectivity index (χ2n) is 3.84. The monoisotopic (exact) mass is 247 g/mol. The van der Waals surface area contributed by atoms with Crippen LogP contribution < -0.4 is 5.32 Å². The molecule has 0 amide bonds. The Morgan fingerprint density at radius 1 is 1.18 bits per heavy atom. The molecular weight excluding hydrogens is 230 g/mol. The van der Waals surface area contributed by atoms with Crippen LogP contribution in [0.25, 0.3) is 0 Å². The highest BCUT2D eigenvalue weighted by Crippen LogP contribution is 2.23. The van der Waals surface area contributed by atoms with Gasteiger partial charge in [0.2, 0.25) is 0 Å². The zero-order chi connectivity index (χ0) is 11.9. The molecule has 0 fully saturated rings. The summed E-state index contributed by atoms with van der Waals surface area (Å²) in [5.41, 5.74) is 1.19. The maximum Gasteiger partial charge on any atom is 0.114 e. The first kappa shape index (κ1) is 12.1. The Morgan fingerprint density at radius 3 is 2.71 bits per heavy atom. The van der Waals surface area contributed by atoms with E-state index in [4.69, 9.17) is 4.42 Å². The van der Waals surface area contributed by atoms with Gasteiger partial charge in [0.05, 0.1) is 6.26 Å². The van der Waals surface area contributed by atoms with Crippen molar-refractivity contribution in [2.45, 2.75) is 18.2 Å². The largest absolute Gasteiger partial charge is 0.468 e. The molecule has 0 atom stereocenters. The summed E-state index contributed by atoms with van der Waals surface area (Å²) in [6.45, 7) is 3.01. The molecule has 3 heteroatoms. The van der Waals surface area contributed by atoms with E-state index >= 15 is 0 Å². The van der Waals surface area contributed by atoms with Crippen molar-refractivity contribution in [2.75, 3.05) is 17.6 Å². The highest BCUT2D eigenvalue weighted by Gasteiger charge is 2.00. The minimum atomic E-state index is 1.01. The zero-order valence-electron chi connectivity index (χ0n) is 9.98. The second kappa shape index (κ2) is 6.40. The highest BCUT2D eigenvalue weighted by atomic mass is 32.2. The third-order valence-electron chi connectivity index (χ3n) is 2.49. The van der Waals surface area contributed by atoms with Crippen LogP contribution in [0.5, 0.6) is 0 Å². The smallest absolute Gasteiger partial charge is 0.114 e. The number of nitrogens with one attached hydrogen (secondary N) is 1. The third-order valence-corrected chi connectivity index (χ3v) is 3.72. The summed E-state index contributed by atoms with van der Waals surface area (Å²) in [7, 11) is 0. The van der Waals surface area contributed by atoms with Crippen molar-refractivity contribution < 1.29 is 4.42 Å². The van der Waals surface area contributed by atoms with Crippen LogP contribution in [0.2, 0.25) is 0 Å². The van der Waals surface area contributed by atoms with Gasteiger partial charge < -0.3 is 9.73 Å². The second-order valence-corrected chi connectivity index (χ2v) is 4.97. The van der Waals surface area contributed by atoms with E-state index in [1.54, 1.807) is 6.26 Å². The molecule has 0 unspecified atom stereocenters. The summed E-state index contributed by atoms with van der Waals surface area (Å²) < 4.78 is 5.25. The van der Waals surface area contributed by atoms with E-state index in [0.717, 1.165) is 24.5 Å². The maximum atomic E-state index is 5.25. The first-order chi connectivity index (χ1) is 8.36. The van der Waals surface area contributed by atoms with Gasteiger partial charge in [0.1, 0.15) is 5.76 Å². The molecule has 2 aromatic rings. The highest BCUT2D eigenvalue weighted by molar-refractivity contribution is 7.99. The van der Waals surface area contributed by atoms with Gasteiger partial charge in [0.15, 0.2) is 0 Å². The number of rotatable bonds is 6. The fourth-order valence-electron chi connectivity index (χ4n) is 1.57. The van der Waals surface area contributed by atoms with Crippen LogP contribution in [0, 0.1) is 6.92 Å². The van der Waals surface area contributed by atoms with Gasteiger partial charge in [-0.1, -0.05) is 18.2 Å². The number of aryl methyl sites for hydroxylation is 1. The molecule has 0 radical (unpaired) electrons. The Balaban J connectivity index is 1.63. The van der Waals surface area contributed by atoms with Crippen LogP contribution >= 0.6 is 11.8 Å². The summed E-state index contributed by atoms with van der Waals surface area (Å²) in [6.07, 6.45) is 2.89. The molecule has 1 aromatic heterocycles. The number of furan rings is 1. The Kier molecular flexibility index (Phi) is 4.56. The van der Waals surface area contributed by atoms with E-state index in [0.29, 0.717) is 0 Å². The zero-order valence-corrected chi connectivity index (χ0v) is 10.8. The molecule has 0 aliphatic rings. The first-order valence-corrected chi connectivity index (χ1v) is 6.80. The SMILES string of the molecule is Cc1occc1SCCCNc1ccccc1. The van der Waals surface area contributed by atoms with Gasteiger partial charge in [-0.25, -0.2) is 0 Å². The number of para-hydroxylation sites is 1. The summed E-state index contributed by atoms with van der Waals surface area (Å²) >= 11 is 1.86. The van der Waals surface area contributed by atoms with Crippen molar-refractivity contribution in [3.8, 4) is 0 Å². The molecule has 0 aliphatic carbocycles. The van der Waals surface area contributed by atoms with E-state index in [-0.39, 0.29) is 0 Å². The molecule has 2 nitrogen and oxygen atoms in total. The normalized spacial score (nSPS) is 10.4. The molecule has 1 N–H and O–H groups in total. The summed E-state index contributed by atoms with van der Waals surface area (Å²) in [5, 5.41) is 3.40. The molecule has 0 spiro atoms. The average Bonchev–Trinajstić information content (AvgIpc) is 2.76. The number of hydrogen-bond donors (Lipinski definition) is 1. The fourth-order valence-corrected chi connectivity index (χ4v) is 2.48. The van der Waals surface area contributed by atoms with Gasteiger partial charge in [-0.05, 0) is 37.3 Å². The van der Waals surface area contributed by atoms with E-state index < -0.39 is 0 Å². The Hall–Kier alpha value is -1.35. The predicted molar refractivity (Wildman–Crippen MR) is 73.7 cm³/mol. The van der Waals surface area contributed by atoms with Crippen molar-refractivity contribution >= 4 is 17.4 Å². The number of benzene rings is 1. The third kappa shape index (κ3) is 3.86. The van der Waals surface area contributed by atoms with Crippen LogP contribution in [0.1, 0.15) is 12.2 Å². The van der Waals surface area contributed by atoms with Crippen molar-refractivity contribution in [3.05, 3.63) is 48.4 Å². The lowest BCUT2D eigenvalue weighted by Gasteiger charge is -2.05. The minimum Gasteiger partial charge on any atom is -0.468 e. The molecule has 17 heavy (non-hydrogen) atoms. The van der Waals surface area contributed by atoms with Crippen molar-refractivity contribution in [2.24, 2.45) is 0 Å². The maximum absolute atomic E-state index is 5.25. The number of hydrogen-bond acceptors (Lipinski definition) is 3. The Morgan fingerprint density at radius 2 is 2.00 bits per heavy atom. The van der Waals surface area contributed by atoms with Gasteiger partial charge in [-0.2, -0.15) is 0 Å². The molecule has 1 aromatic carbocycles. The standard InChI is InChI=1S/C14H17NOS/c1-12-14(8-10-16-12)17-11-5-9-15-13-6-3-2-4-7-13/h2-4,6-8,10,15H,5,9,11H2,1H3. The fraction of sp³-hybridized carbons (Fsp3) is 0.286.